The summed E-state index contributed by atoms with van der Waals surface area (Å²) >= 11 is 0. The average molecular weight is 167 g/mol. The fourth-order valence-electron chi connectivity index (χ4n) is 0.842. The topological polar surface area (TPSA) is 61.0 Å². The van der Waals surface area contributed by atoms with Gasteiger partial charge in [-0.05, 0) is 13.5 Å². The summed E-state index contributed by atoms with van der Waals surface area (Å²) in [5, 5.41) is 0. The van der Waals surface area contributed by atoms with Gasteiger partial charge in [-0.15, -0.1) is 0 Å². The van der Waals surface area contributed by atoms with Crippen molar-refractivity contribution in [3.63, 3.8) is 0 Å². The number of nitrogens with zero attached hydrogens (tertiary/aromatic N) is 2. The van der Waals surface area contributed by atoms with Crippen molar-refractivity contribution in [1.29, 1.82) is 0 Å². The zero-order valence-electron chi connectivity index (χ0n) is 7.16. The maximum atomic E-state index is 5.35. The number of nitrogens with two attached hydrogens (primary N) is 1. The summed E-state index contributed by atoms with van der Waals surface area (Å²) in [6.07, 6.45) is 4.05. The van der Waals surface area contributed by atoms with Crippen LogP contribution >= 0.6 is 0 Å². The van der Waals surface area contributed by atoms with Crippen LogP contribution < -0.4 is 10.5 Å². The molecule has 0 aromatic carbocycles. The molecule has 1 aromatic heterocycles. The largest absolute Gasteiger partial charge is 0.491 e. The summed E-state index contributed by atoms with van der Waals surface area (Å²) in [5.41, 5.74) is 5.35. The van der Waals surface area contributed by atoms with E-state index >= 15 is 0 Å². The molecule has 0 aliphatic carbocycles. The molecule has 0 unspecified atom stereocenters. The minimum Gasteiger partial charge on any atom is -0.491 e. The van der Waals surface area contributed by atoms with Crippen molar-refractivity contribution in [2.75, 3.05) is 13.2 Å². The van der Waals surface area contributed by atoms with Gasteiger partial charge in [-0.2, -0.15) is 0 Å². The van der Waals surface area contributed by atoms with Gasteiger partial charge in [0.2, 0.25) is 0 Å². The molecule has 4 heteroatoms. The van der Waals surface area contributed by atoms with Gasteiger partial charge < -0.3 is 10.5 Å². The number of ether oxygens (including phenoxy) is 1. The second-order valence-corrected chi connectivity index (χ2v) is 2.31. The Hall–Kier alpha value is -1.16. The van der Waals surface area contributed by atoms with Crippen LogP contribution in [0.4, 0.5) is 0 Å². The van der Waals surface area contributed by atoms with Crippen LogP contribution in [0, 0.1) is 0 Å². The van der Waals surface area contributed by atoms with Gasteiger partial charge in [0.1, 0.15) is 5.82 Å². The van der Waals surface area contributed by atoms with Crippen LogP contribution in [0.3, 0.4) is 0 Å². The van der Waals surface area contributed by atoms with Crippen molar-refractivity contribution >= 4 is 0 Å². The van der Waals surface area contributed by atoms with E-state index in [1.165, 1.54) is 0 Å². The zero-order chi connectivity index (χ0) is 8.81. The summed E-state index contributed by atoms with van der Waals surface area (Å²) in [7, 11) is 0. The van der Waals surface area contributed by atoms with Gasteiger partial charge >= 0.3 is 0 Å². The summed E-state index contributed by atoms with van der Waals surface area (Å²) in [5.74, 6) is 1.47. The Kier molecular flexibility index (Phi) is 3.47. The number of hydrogen-bond donors (Lipinski definition) is 1. The normalized spacial score (nSPS) is 9.83. The lowest BCUT2D eigenvalue weighted by Crippen LogP contribution is -2.06. The van der Waals surface area contributed by atoms with Crippen molar-refractivity contribution in [2.45, 2.75) is 13.3 Å². The van der Waals surface area contributed by atoms with E-state index in [1.807, 2.05) is 6.92 Å². The second kappa shape index (κ2) is 4.66. The summed E-state index contributed by atoms with van der Waals surface area (Å²) in [6.45, 7) is 3.14. The average Bonchev–Trinajstić information content (AvgIpc) is 2.09. The molecule has 66 valence electrons. The molecule has 0 spiro atoms. The van der Waals surface area contributed by atoms with Gasteiger partial charge in [0.25, 0.3) is 0 Å². The Balaban J connectivity index is 2.58. The molecule has 0 aliphatic rings. The lowest BCUT2D eigenvalue weighted by molar-refractivity contribution is 0.337. The second-order valence-electron chi connectivity index (χ2n) is 2.31. The third-order valence-corrected chi connectivity index (χ3v) is 1.36. The molecule has 1 heterocycles. The Morgan fingerprint density at radius 3 is 2.58 bits per heavy atom. The molecule has 0 fully saturated rings. The Bertz CT molecular complexity index is 197. The van der Waals surface area contributed by atoms with E-state index in [9.17, 15) is 0 Å². The Morgan fingerprint density at radius 1 is 1.42 bits per heavy atom. The fourth-order valence-corrected chi connectivity index (χ4v) is 0.842. The smallest absolute Gasteiger partial charge is 0.155 e. The van der Waals surface area contributed by atoms with Crippen molar-refractivity contribution < 1.29 is 4.74 Å². The molecule has 1 aromatic rings. The van der Waals surface area contributed by atoms with Gasteiger partial charge in [0.15, 0.2) is 5.75 Å². The molecular weight excluding hydrogens is 154 g/mol. The molecule has 4 nitrogen and oxygen atoms in total. The molecule has 0 radical (unpaired) electrons. The first-order chi connectivity index (χ1) is 5.86. The third-order valence-electron chi connectivity index (χ3n) is 1.36. The molecule has 0 aliphatic heterocycles. The highest BCUT2D eigenvalue weighted by atomic mass is 16.5. The minimum atomic E-state index is 0.577. The first kappa shape index (κ1) is 8.93. The highest BCUT2D eigenvalue weighted by molar-refractivity contribution is 5.12. The third kappa shape index (κ3) is 2.47. The van der Waals surface area contributed by atoms with Crippen LogP contribution in [-0.2, 0) is 6.42 Å². The summed E-state index contributed by atoms with van der Waals surface area (Å²) in [6, 6.07) is 0. The summed E-state index contributed by atoms with van der Waals surface area (Å²) < 4.78 is 5.18. The Labute approximate surface area is 71.8 Å². The van der Waals surface area contributed by atoms with Crippen molar-refractivity contribution in [1.82, 2.24) is 9.97 Å². The van der Waals surface area contributed by atoms with E-state index in [0.29, 0.717) is 25.3 Å². The number of rotatable bonds is 4. The maximum absolute atomic E-state index is 5.35. The first-order valence-electron chi connectivity index (χ1n) is 4.00. The van der Waals surface area contributed by atoms with Gasteiger partial charge in [0, 0.05) is 6.42 Å². The van der Waals surface area contributed by atoms with E-state index in [-0.39, 0.29) is 0 Å². The lowest BCUT2D eigenvalue weighted by atomic mass is 10.4. The molecule has 0 amide bonds. The predicted octanol–water partition coefficient (Wildman–Crippen LogP) is 0.376. The molecule has 2 N–H and O–H groups in total. The standard InChI is InChI=1S/C8H13N3O/c1-2-12-7-5-10-8(3-4-9)11-6-7/h5-6H,2-4,9H2,1H3. The molecule has 0 saturated heterocycles. The highest BCUT2D eigenvalue weighted by Gasteiger charge is 1.95. The van der Waals surface area contributed by atoms with Crippen LogP contribution in [0.5, 0.6) is 5.75 Å². The molecule has 0 saturated carbocycles. The SMILES string of the molecule is CCOc1cnc(CCN)nc1. The van der Waals surface area contributed by atoms with E-state index < -0.39 is 0 Å². The predicted molar refractivity (Wildman–Crippen MR) is 46.0 cm³/mol. The van der Waals surface area contributed by atoms with Gasteiger partial charge in [-0.25, -0.2) is 9.97 Å². The van der Waals surface area contributed by atoms with Crippen molar-refractivity contribution in [3.8, 4) is 5.75 Å². The number of aromatic nitrogens is 2. The van der Waals surface area contributed by atoms with Gasteiger partial charge in [-0.3, -0.25) is 0 Å². The van der Waals surface area contributed by atoms with E-state index in [0.717, 1.165) is 5.82 Å². The van der Waals surface area contributed by atoms with Crippen LogP contribution in [0.2, 0.25) is 0 Å². The molecule has 0 bridgehead atoms. The Morgan fingerprint density at radius 2 is 2.08 bits per heavy atom. The first-order valence-corrected chi connectivity index (χ1v) is 4.00. The van der Waals surface area contributed by atoms with Gasteiger partial charge in [-0.1, -0.05) is 0 Å². The summed E-state index contributed by atoms with van der Waals surface area (Å²) in [4.78, 5) is 8.14. The maximum Gasteiger partial charge on any atom is 0.155 e. The van der Waals surface area contributed by atoms with Crippen molar-refractivity contribution in [2.24, 2.45) is 5.73 Å². The van der Waals surface area contributed by atoms with Crippen LogP contribution in [0.25, 0.3) is 0 Å². The number of hydrogen-bond acceptors (Lipinski definition) is 4. The molecular formula is C8H13N3O. The lowest BCUT2D eigenvalue weighted by Gasteiger charge is -2.01. The van der Waals surface area contributed by atoms with Crippen LogP contribution in [0.1, 0.15) is 12.7 Å². The quantitative estimate of drug-likeness (QED) is 0.704. The van der Waals surface area contributed by atoms with E-state index in [4.69, 9.17) is 10.5 Å². The minimum absolute atomic E-state index is 0.577. The van der Waals surface area contributed by atoms with Crippen LogP contribution in [0.15, 0.2) is 12.4 Å². The molecule has 12 heavy (non-hydrogen) atoms. The monoisotopic (exact) mass is 167 g/mol. The van der Waals surface area contributed by atoms with Crippen molar-refractivity contribution in [3.05, 3.63) is 18.2 Å². The molecule has 1 rings (SSSR count). The highest BCUT2D eigenvalue weighted by Crippen LogP contribution is 2.05. The van der Waals surface area contributed by atoms with E-state index in [1.54, 1.807) is 12.4 Å². The fraction of sp³-hybridized carbons (Fsp3) is 0.500. The van der Waals surface area contributed by atoms with Crippen LogP contribution in [-0.4, -0.2) is 23.1 Å². The van der Waals surface area contributed by atoms with Gasteiger partial charge in [0.05, 0.1) is 19.0 Å². The van der Waals surface area contributed by atoms with E-state index in [2.05, 4.69) is 9.97 Å². The zero-order valence-corrected chi connectivity index (χ0v) is 7.16. The molecule has 0 atom stereocenters.